The first kappa shape index (κ1) is 15.5. The van der Waals surface area contributed by atoms with Gasteiger partial charge in [-0.2, -0.15) is 0 Å². The first-order valence-electron chi connectivity index (χ1n) is 9.05. The molecule has 0 aromatic heterocycles. The van der Waals surface area contributed by atoms with Gasteiger partial charge in [-0.15, -0.1) is 0 Å². The van der Waals surface area contributed by atoms with Gasteiger partial charge in [-0.05, 0) is 30.6 Å². The first-order chi connectivity index (χ1) is 10.8. The number of Topliss-reactive ketones (excluding diaryl/α,β-unsaturated/α-hetero) is 1. The van der Waals surface area contributed by atoms with Gasteiger partial charge in [-0.3, -0.25) is 4.79 Å². The number of allylic oxidation sites excluding steroid dienone is 2. The molecular formula is C21H28O. The van der Waals surface area contributed by atoms with Crippen molar-refractivity contribution in [3.05, 3.63) is 48.0 Å². The summed E-state index contributed by atoms with van der Waals surface area (Å²) in [6, 6.07) is 9.96. The SMILES string of the molecule is CCCC[C@H]1C=CC2(CCCCC2)[C@H]1C(=O)c1ccccc1. The maximum atomic E-state index is 13.3. The number of unbranched alkanes of at least 4 members (excludes halogenated alkanes) is 1. The molecule has 0 bridgehead atoms. The van der Waals surface area contributed by atoms with Crippen molar-refractivity contribution in [3.8, 4) is 0 Å². The van der Waals surface area contributed by atoms with E-state index in [0.717, 1.165) is 12.0 Å². The van der Waals surface area contributed by atoms with Gasteiger partial charge < -0.3 is 0 Å². The molecule has 0 aliphatic heterocycles. The fraction of sp³-hybridized carbons (Fsp3) is 0.571. The second-order valence-electron chi connectivity index (χ2n) is 7.17. The zero-order valence-electron chi connectivity index (χ0n) is 13.8. The van der Waals surface area contributed by atoms with E-state index in [1.807, 2.05) is 30.3 Å². The predicted molar refractivity (Wildman–Crippen MR) is 91.9 cm³/mol. The molecule has 1 aromatic carbocycles. The van der Waals surface area contributed by atoms with Crippen molar-refractivity contribution in [3.63, 3.8) is 0 Å². The van der Waals surface area contributed by atoms with E-state index in [1.54, 1.807) is 0 Å². The first-order valence-corrected chi connectivity index (χ1v) is 9.05. The summed E-state index contributed by atoms with van der Waals surface area (Å²) in [6.07, 6.45) is 14.7. The number of ketones is 1. The number of hydrogen-bond acceptors (Lipinski definition) is 1. The maximum Gasteiger partial charge on any atom is 0.167 e. The molecule has 0 heterocycles. The van der Waals surface area contributed by atoms with Crippen LogP contribution in [-0.4, -0.2) is 5.78 Å². The minimum Gasteiger partial charge on any atom is -0.294 e. The molecule has 118 valence electrons. The number of benzene rings is 1. The van der Waals surface area contributed by atoms with E-state index < -0.39 is 0 Å². The number of hydrogen-bond donors (Lipinski definition) is 0. The van der Waals surface area contributed by atoms with Crippen LogP contribution in [0.25, 0.3) is 0 Å². The Morgan fingerprint density at radius 2 is 1.86 bits per heavy atom. The molecule has 2 aliphatic carbocycles. The van der Waals surface area contributed by atoms with Gasteiger partial charge in [0.05, 0.1) is 0 Å². The Balaban J connectivity index is 1.88. The smallest absolute Gasteiger partial charge is 0.167 e. The van der Waals surface area contributed by atoms with Gasteiger partial charge in [0.2, 0.25) is 0 Å². The molecule has 1 heteroatoms. The van der Waals surface area contributed by atoms with Crippen molar-refractivity contribution < 1.29 is 4.79 Å². The van der Waals surface area contributed by atoms with Crippen molar-refractivity contribution in [2.45, 2.75) is 58.3 Å². The summed E-state index contributed by atoms with van der Waals surface area (Å²) in [5.41, 5.74) is 1.06. The Labute approximate surface area is 134 Å². The summed E-state index contributed by atoms with van der Waals surface area (Å²) in [7, 11) is 0. The second-order valence-corrected chi connectivity index (χ2v) is 7.17. The third kappa shape index (κ3) is 2.91. The second kappa shape index (κ2) is 6.81. The van der Waals surface area contributed by atoms with E-state index in [1.165, 1.54) is 44.9 Å². The molecule has 1 aromatic rings. The lowest BCUT2D eigenvalue weighted by Gasteiger charge is -2.39. The van der Waals surface area contributed by atoms with Gasteiger partial charge in [0, 0.05) is 11.5 Å². The van der Waals surface area contributed by atoms with Gasteiger partial charge >= 0.3 is 0 Å². The van der Waals surface area contributed by atoms with Crippen molar-refractivity contribution in [1.29, 1.82) is 0 Å². The van der Waals surface area contributed by atoms with Gasteiger partial charge in [0.15, 0.2) is 5.78 Å². The summed E-state index contributed by atoms with van der Waals surface area (Å²) in [5, 5.41) is 0. The van der Waals surface area contributed by atoms with Gasteiger partial charge in [-0.25, -0.2) is 0 Å². The van der Waals surface area contributed by atoms with Crippen LogP contribution in [0, 0.1) is 17.3 Å². The van der Waals surface area contributed by atoms with E-state index in [4.69, 9.17) is 0 Å². The Kier molecular flexibility index (Phi) is 4.81. The van der Waals surface area contributed by atoms with Crippen LogP contribution in [0.5, 0.6) is 0 Å². The Hall–Kier alpha value is -1.37. The highest BCUT2D eigenvalue weighted by molar-refractivity contribution is 5.99. The summed E-state index contributed by atoms with van der Waals surface area (Å²) < 4.78 is 0. The van der Waals surface area contributed by atoms with Gasteiger partial charge in [-0.1, -0.05) is 81.5 Å². The Morgan fingerprint density at radius 3 is 2.55 bits per heavy atom. The van der Waals surface area contributed by atoms with Crippen LogP contribution in [0.15, 0.2) is 42.5 Å². The van der Waals surface area contributed by atoms with Crippen LogP contribution in [0.1, 0.15) is 68.6 Å². The molecule has 1 nitrogen and oxygen atoms in total. The van der Waals surface area contributed by atoms with Crippen LogP contribution in [0.2, 0.25) is 0 Å². The highest BCUT2D eigenvalue weighted by Gasteiger charge is 2.48. The fourth-order valence-corrected chi connectivity index (χ4v) is 4.58. The molecule has 2 atom stereocenters. The van der Waals surface area contributed by atoms with E-state index in [2.05, 4.69) is 19.1 Å². The lowest BCUT2D eigenvalue weighted by atomic mass is 9.63. The van der Waals surface area contributed by atoms with E-state index in [-0.39, 0.29) is 11.3 Å². The summed E-state index contributed by atoms with van der Waals surface area (Å²) in [5.74, 6) is 1.01. The summed E-state index contributed by atoms with van der Waals surface area (Å²) in [4.78, 5) is 13.3. The zero-order valence-corrected chi connectivity index (χ0v) is 13.8. The van der Waals surface area contributed by atoms with E-state index >= 15 is 0 Å². The Bertz CT molecular complexity index is 522. The molecule has 0 unspecified atom stereocenters. The van der Waals surface area contributed by atoms with Crippen LogP contribution >= 0.6 is 0 Å². The molecule has 22 heavy (non-hydrogen) atoms. The van der Waals surface area contributed by atoms with E-state index in [9.17, 15) is 4.79 Å². The zero-order chi connectivity index (χ0) is 15.4. The molecule has 0 saturated heterocycles. The fourth-order valence-electron chi connectivity index (χ4n) is 4.58. The number of carbonyl (C=O) groups excluding carboxylic acids is 1. The third-order valence-electron chi connectivity index (χ3n) is 5.74. The van der Waals surface area contributed by atoms with Gasteiger partial charge in [0.1, 0.15) is 0 Å². The molecule has 1 spiro atoms. The minimum absolute atomic E-state index is 0.156. The van der Waals surface area contributed by atoms with Crippen molar-refractivity contribution in [1.82, 2.24) is 0 Å². The quantitative estimate of drug-likeness (QED) is 0.495. The van der Waals surface area contributed by atoms with Gasteiger partial charge in [0.25, 0.3) is 0 Å². The lowest BCUT2D eigenvalue weighted by molar-refractivity contribution is 0.0695. The maximum absolute atomic E-state index is 13.3. The molecule has 3 rings (SSSR count). The largest absolute Gasteiger partial charge is 0.294 e. The molecule has 2 aliphatic rings. The molecule has 0 amide bonds. The summed E-state index contributed by atoms with van der Waals surface area (Å²) in [6.45, 7) is 2.24. The molecule has 0 N–H and O–H groups in total. The molecule has 1 fully saturated rings. The average Bonchev–Trinajstić information content (AvgIpc) is 2.91. The summed E-state index contributed by atoms with van der Waals surface area (Å²) >= 11 is 0. The molecular weight excluding hydrogens is 268 g/mol. The van der Waals surface area contributed by atoms with Crippen molar-refractivity contribution in [2.75, 3.05) is 0 Å². The highest BCUT2D eigenvalue weighted by Crippen LogP contribution is 2.53. The highest BCUT2D eigenvalue weighted by atomic mass is 16.1. The molecule has 1 saturated carbocycles. The average molecular weight is 296 g/mol. The third-order valence-corrected chi connectivity index (χ3v) is 5.74. The normalized spacial score (nSPS) is 26.4. The van der Waals surface area contributed by atoms with Crippen LogP contribution in [0.4, 0.5) is 0 Å². The minimum atomic E-state index is 0.156. The van der Waals surface area contributed by atoms with Crippen molar-refractivity contribution in [2.24, 2.45) is 17.3 Å². The lowest BCUT2D eigenvalue weighted by Crippen LogP contribution is -2.37. The number of carbonyl (C=O) groups is 1. The standard InChI is InChI=1S/C21H28O/c1-2-3-10-17-13-16-21(14-8-5-9-15-21)19(17)20(22)18-11-6-4-7-12-18/h4,6-7,11-13,16-17,19H,2-3,5,8-10,14-15H2,1H3/t17-,19+/m0/s1. The monoisotopic (exact) mass is 296 g/mol. The van der Waals surface area contributed by atoms with E-state index in [0.29, 0.717) is 11.7 Å². The Morgan fingerprint density at radius 1 is 1.14 bits per heavy atom. The number of rotatable bonds is 5. The topological polar surface area (TPSA) is 17.1 Å². The molecule has 0 radical (unpaired) electrons. The van der Waals surface area contributed by atoms with Crippen LogP contribution in [-0.2, 0) is 0 Å². The van der Waals surface area contributed by atoms with Crippen molar-refractivity contribution >= 4 is 5.78 Å². The predicted octanol–water partition coefficient (Wildman–Crippen LogP) is 5.81. The van der Waals surface area contributed by atoms with Crippen LogP contribution < -0.4 is 0 Å². The van der Waals surface area contributed by atoms with Crippen LogP contribution in [0.3, 0.4) is 0 Å².